The van der Waals surface area contributed by atoms with Gasteiger partial charge in [0.1, 0.15) is 0 Å². The Morgan fingerprint density at radius 2 is 0.611 bits per heavy atom. The molecule has 0 aliphatic carbocycles. The Morgan fingerprint density at radius 1 is 0.389 bits per heavy atom. The Labute approximate surface area is 310 Å². The van der Waals surface area contributed by atoms with Gasteiger partial charge in [0.15, 0.2) is 0 Å². The quantitative estimate of drug-likeness (QED) is 0.106. The van der Waals surface area contributed by atoms with E-state index in [0.29, 0.717) is 11.4 Å². The molecular formula is C31H24F12N6O2P2Ru. The largest absolute Gasteiger partial charge is 2.00 e. The average molecular weight is 904 g/mol. The number of pyridine rings is 6. The molecule has 292 valence electrons. The second-order valence-electron chi connectivity index (χ2n) is 9.73. The van der Waals surface area contributed by atoms with Gasteiger partial charge in [0.25, 0.3) is 0 Å². The molecule has 0 radical (unpaired) electrons. The maximum Gasteiger partial charge on any atom is 2.00 e. The van der Waals surface area contributed by atoms with E-state index in [2.05, 4.69) is 29.9 Å². The smallest absolute Gasteiger partial charge is 0.478 e. The fourth-order valence-electron chi connectivity index (χ4n) is 3.28. The summed E-state index contributed by atoms with van der Waals surface area (Å²) in [4.78, 5) is 35.6. The van der Waals surface area contributed by atoms with Crippen LogP contribution in [0.15, 0.2) is 140 Å². The number of halogens is 12. The monoisotopic (exact) mass is 904 g/mol. The van der Waals surface area contributed by atoms with Crippen LogP contribution in [-0.2, 0) is 19.5 Å². The van der Waals surface area contributed by atoms with E-state index >= 15 is 0 Å². The molecular weight excluding hydrogens is 879 g/mol. The van der Waals surface area contributed by atoms with Crippen molar-refractivity contribution in [2.45, 2.75) is 0 Å². The van der Waals surface area contributed by atoms with Crippen molar-refractivity contribution in [3.05, 3.63) is 146 Å². The van der Waals surface area contributed by atoms with Crippen LogP contribution in [0.2, 0.25) is 0 Å². The van der Waals surface area contributed by atoms with Crippen LogP contribution in [0.1, 0.15) is 10.4 Å². The molecule has 0 spiro atoms. The van der Waals surface area contributed by atoms with Crippen molar-refractivity contribution in [2.24, 2.45) is 0 Å². The Kier molecular flexibility index (Phi) is 15.2. The molecule has 0 atom stereocenters. The zero-order chi connectivity index (χ0) is 39.9. The predicted octanol–water partition coefficient (Wildman–Crippen LogP) is 12.9. The Hall–Kier alpha value is -4.99. The first-order valence-electron chi connectivity index (χ1n) is 14.0. The van der Waals surface area contributed by atoms with Crippen LogP contribution >= 0.6 is 15.6 Å². The molecule has 0 unspecified atom stereocenters. The van der Waals surface area contributed by atoms with Gasteiger partial charge in [-0.2, -0.15) is 0 Å². The standard InChI is InChI=1S/C11H8N2O2.2C10H8N2.2F6P.Ru/c14-11(15)8-4-6-13-10(7-8)9-3-1-2-5-12-9;2*1-3-7-11-9(5-1)10-6-2-4-8-12-10;2*1-7(2,3,4,5)6;/h1-7H,(H,14,15);2*1-8H;;;/q;;;2*-1;+2. The molecule has 0 aromatic carbocycles. The predicted molar refractivity (Wildman–Crippen MR) is 176 cm³/mol. The van der Waals surface area contributed by atoms with Gasteiger partial charge in [-0.1, -0.05) is 30.3 Å². The molecule has 0 bridgehead atoms. The van der Waals surface area contributed by atoms with Crippen LogP contribution in [0.25, 0.3) is 34.2 Å². The number of hydrogen-bond acceptors (Lipinski definition) is 7. The second-order valence-corrected chi connectivity index (χ2v) is 13.6. The van der Waals surface area contributed by atoms with Gasteiger partial charge < -0.3 is 5.11 Å². The van der Waals surface area contributed by atoms with Gasteiger partial charge >= 0.3 is 91.4 Å². The van der Waals surface area contributed by atoms with E-state index in [1.54, 1.807) is 43.1 Å². The number of nitrogens with zero attached hydrogens (tertiary/aromatic N) is 6. The van der Waals surface area contributed by atoms with Crippen molar-refractivity contribution >= 4 is 21.6 Å². The topological polar surface area (TPSA) is 115 Å². The third kappa shape index (κ3) is 26.7. The zero-order valence-electron chi connectivity index (χ0n) is 26.6. The summed E-state index contributed by atoms with van der Waals surface area (Å²) >= 11 is 0. The molecule has 6 aromatic heterocycles. The number of carboxylic acid groups (broad SMARTS) is 1. The van der Waals surface area contributed by atoms with E-state index in [-0.39, 0.29) is 25.0 Å². The van der Waals surface area contributed by atoms with Gasteiger partial charge in [0.05, 0.1) is 39.7 Å². The molecule has 0 aliphatic heterocycles. The first-order valence-corrected chi connectivity index (χ1v) is 18.0. The summed E-state index contributed by atoms with van der Waals surface area (Å²) < 4.78 is 118. The molecule has 0 saturated heterocycles. The van der Waals surface area contributed by atoms with Crippen molar-refractivity contribution in [2.75, 3.05) is 0 Å². The zero-order valence-corrected chi connectivity index (χ0v) is 30.1. The number of aromatic nitrogens is 6. The third-order valence-corrected chi connectivity index (χ3v) is 5.12. The van der Waals surface area contributed by atoms with Crippen LogP contribution in [0.3, 0.4) is 0 Å². The molecule has 1 N–H and O–H groups in total. The summed E-state index contributed by atoms with van der Waals surface area (Å²) in [5.74, 6) is -0.963. The SMILES string of the molecule is F[P-](F)(F)(F)(F)F.F[P-](F)(F)(F)(F)F.O=C(O)c1ccnc(-c2ccccn2)c1.[Ru+2].c1ccc(-c2ccccn2)nc1.c1ccc(-c2ccccn2)nc1. The van der Waals surface area contributed by atoms with Crippen LogP contribution < -0.4 is 0 Å². The summed E-state index contributed by atoms with van der Waals surface area (Å²) in [6.07, 6.45) is 10.2. The van der Waals surface area contributed by atoms with E-state index in [0.717, 1.165) is 22.8 Å². The van der Waals surface area contributed by atoms with Gasteiger partial charge in [-0.15, -0.1) is 0 Å². The van der Waals surface area contributed by atoms with E-state index in [1.807, 2.05) is 78.9 Å². The van der Waals surface area contributed by atoms with Gasteiger partial charge in [-0.25, -0.2) is 4.79 Å². The molecule has 0 fully saturated rings. The Bertz CT molecular complexity index is 1830. The first-order chi connectivity index (χ1) is 24.1. The number of carbonyl (C=O) groups is 1. The number of hydrogen-bond donors (Lipinski definition) is 1. The van der Waals surface area contributed by atoms with Crippen molar-refractivity contribution in [1.29, 1.82) is 0 Å². The second kappa shape index (κ2) is 17.4. The van der Waals surface area contributed by atoms with Gasteiger partial charge in [0, 0.05) is 37.2 Å². The minimum Gasteiger partial charge on any atom is -0.478 e. The summed E-state index contributed by atoms with van der Waals surface area (Å²) in [5.41, 5.74) is 5.11. The number of rotatable bonds is 4. The fraction of sp³-hybridized carbons (Fsp3) is 0. The van der Waals surface area contributed by atoms with Crippen LogP contribution in [0.4, 0.5) is 50.4 Å². The van der Waals surface area contributed by atoms with E-state index in [9.17, 15) is 55.2 Å². The molecule has 8 nitrogen and oxygen atoms in total. The molecule has 0 amide bonds. The molecule has 0 saturated carbocycles. The van der Waals surface area contributed by atoms with E-state index < -0.39 is 21.6 Å². The fourth-order valence-corrected chi connectivity index (χ4v) is 3.28. The molecule has 6 heterocycles. The third-order valence-electron chi connectivity index (χ3n) is 5.12. The molecule has 0 aliphatic rings. The molecule has 6 rings (SSSR count). The van der Waals surface area contributed by atoms with Crippen LogP contribution in [0.5, 0.6) is 0 Å². The summed E-state index contributed by atoms with van der Waals surface area (Å²) in [5, 5.41) is 8.81. The molecule has 6 aromatic rings. The van der Waals surface area contributed by atoms with Gasteiger partial charge in [-0.05, 0) is 72.8 Å². The van der Waals surface area contributed by atoms with Gasteiger partial charge in [-0.3, -0.25) is 29.9 Å². The number of aromatic carboxylic acids is 1. The maximum atomic E-state index is 10.7. The van der Waals surface area contributed by atoms with Crippen LogP contribution in [0, 0.1) is 0 Å². The normalized spacial score (nSPS) is 13.0. The molecule has 54 heavy (non-hydrogen) atoms. The van der Waals surface area contributed by atoms with E-state index in [1.165, 1.54) is 18.3 Å². The summed E-state index contributed by atoms with van der Waals surface area (Å²) in [6.45, 7) is 0. The van der Waals surface area contributed by atoms with E-state index in [4.69, 9.17) is 5.11 Å². The van der Waals surface area contributed by atoms with Crippen molar-refractivity contribution in [3.8, 4) is 34.2 Å². The summed E-state index contributed by atoms with van der Waals surface area (Å²) in [7, 11) is -21.3. The minimum absolute atomic E-state index is 0. The van der Waals surface area contributed by atoms with Crippen molar-refractivity contribution in [3.63, 3.8) is 0 Å². The average Bonchev–Trinajstić information content (AvgIpc) is 3.08. The van der Waals surface area contributed by atoms with Crippen LogP contribution in [-0.4, -0.2) is 41.0 Å². The maximum absolute atomic E-state index is 10.7. The van der Waals surface area contributed by atoms with Crippen molar-refractivity contribution in [1.82, 2.24) is 29.9 Å². The van der Waals surface area contributed by atoms with Crippen molar-refractivity contribution < 1.29 is 79.7 Å². The minimum atomic E-state index is -10.7. The summed E-state index contributed by atoms with van der Waals surface area (Å²) in [6, 6.07) is 31.6. The first kappa shape index (κ1) is 47.0. The number of carboxylic acids is 1. The van der Waals surface area contributed by atoms with Gasteiger partial charge in [0.2, 0.25) is 0 Å². The molecule has 23 heteroatoms. The Morgan fingerprint density at radius 3 is 0.815 bits per heavy atom. The Balaban J connectivity index is 0.000000347.